The summed E-state index contributed by atoms with van der Waals surface area (Å²) in [7, 11) is 0. The van der Waals surface area contributed by atoms with Crippen molar-refractivity contribution in [3.63, 3.8) is 0 Å². The quantitative estimate of drug-likeness (QED) is 0.285. The molecule has 0 bridgehead atoms. The molecule has 0 amide bonds. The summed E-state index contributed by atoms with van der Waals surface area (Å²) in [5, 5.41) is 36.9. The number of benzene rings is 1. The second-order valence-corrected chi connectivity index (χ2v) is 6.31. The molecule has 0 saturated carbocycles. The van der Waals surface area contributed by atoms with Gasteiger partial charge in [0.1, 0.15) is 5.54 Å². The molecule has 11 heteroatoms. The number of hydrogen-bond acceptors (Lipinski definition) is 7. The van der Waals surface area contributed by atoms with Crippen LogP contribution in [-0.2, 0) is 24.7 Å². The third kappa shape index (κ3) is 6.21. The molecule has 0 aliphatic carbocycles. The van der Waals surface area contributed by atoms with Crippen molar-refractivity contribution in [2.45, 2.75) is 12.5 Å². The fourth-order valence-corrected chi connectivity index (χ4v) is 2.73. The first-order chi connectivity index (χ1) is 13.0. The number of nitrogens with two attached hydrogens (primary N) is 1. The first kappa shape index (κ1) is 22.9. The zero-order chi connectivity index (χ0) is 21.5. The van der Waals surface area contributed by atoms with E-state index in [0.717, 1.165) is 9.80 Å². The highest BCUT2D eigenvalue weighted by Crippen LogP contribution is 2.29. The van der Waals surface area contributed by atoms with Crippen LogP contribution in [0.3, 0.4) is 0 Å². The molecule has 0 aliphatic heterocycles. The van der Waals surface area contributed by atoms with Gasteiger partial charge in [0, 0.05) is 18.8 Å². The van der Waals surface area contributed by atoms with Gasteiger partial charge in [-0.3, -0.25) is 24.2 Å². The Kier molecular flexibility index (Phi) is 7.89. The average molecular weight is 397 g/mol. The van der Waals surface area contributed by atoms with Gasteiger partial charge in [-0.15, -0.1) is 0 Å². The Hall–Kier alpha value is -3.18. The number of anilines is 1. The summed E-state index contributed by atoms with van der Waals surface area (Å²) in [6.45, 7) is -0.856. The third-order valence-electron chi connectivity index (χ3n) is 4.25. The summed E-state index contributed by atoms with van der Waals surface area (Å²) >= 11 is 0. The predicted octanol–water partition coefficient (Wildman–Crippen LogP) is -0.574. The summed E-state index contributed by atoms with van der Waals surface area (Å²) < 4.78 is 0. The fraction of sp³-hybridized carbons (Fsp3) is 0.412. The maximum atomic E-state index is 12.1. The molecule has 0 fully saturated rings. The molecule has 1 rings (SSSR count). The molecular weight excluding hydrogens is 374 g/mol. The highest BCUT2D eigenvalue weighted by Gasteiger charge is 2.42. The number of carboxylic acids is 4. The normalized spacial score (nSPS) is 13.2. The smallest absolute Gasteiger partial charge is 0.328 e. The second kappa shape index (κ2) is 9.67. The number of nitrogens with zero attached hydrogens (tertiary/aromatic N) is 2. The zero-order valence-corrected chi connectivity index (χ0v) is 15.2. The van der Waals surface area contributed by atoms with Gasteiger partial charge in [0.05, 0.1) is 19.6 Å². The van der Waals surface area contributed by atoms with Crippen LogP contribution in [0, 0.1) is 0 Å². The Morgan fingerprint density at radius 3 is 1.71 bits per heavy atom. The van der Waals surface area contributed by atoms with Crippen LogP contribution in [0.15, 0.2) is 24.3 Å². The molecule has 0 aliphatic rings. The van der Waals surface area contributed by atoms with Crippen LogP contribution < -0.4 is 5.73 Å². The first-order valence-corrected chi connectivity index (χ1v) is 8.19. The van der Waals surface area contributed by atoms with Crippen molar-refractivity contribution >= 4 is 29.6 Å². The molecule has 1 atom stereocenters. The molecule has 11 nitrogen and oxygen atoms in total. The summed E-state index contributed by atoms with van der Waals surface area (Å²) in [6, 6.07) is 5.89. The van der Waals surface area contributed by atoms with E-state index in [0.29, 0.717) is 5.69 Å². The third-order valence-corrected chi connectivity index (χ3v) is 4.25. The highest BCUT2D eigenvalue weighted by molar-refractivity contribution is 5.81. The Morgan fingerprint density at radius 2 is 1.32 bits per heavy atom. The minimum atomic E-state index is -1.76. The van der Waals surface area contributed by atoms with Crippen LogP contribution in [0.25, 0.3) is 0 Å². The zero-order valence-electron chi connectivity index (χ0n) is 15.2. The van der Waals surface area contributed by atoms with Gasteiger partial charge in [0.2, 0.25) is 0 Å². The van der Waals surface area contributed by atoms with E-state index >= 15 is 0 Å². The molecule has 0 radical (unpaired) electrons. The van der Waals surface area contributed by atoms with E-state index < -0.39 is 49.1 Å². The summed E-state index contributed by atoms with van der Waals surface area (Å²) in [6.07, 6.45) is 0. The number of aliphatic carboxylic acids is 4. The second-order valence-electron chi connectivity index (χ2n) is 6.31. The van der Waals surface area contributed by atoms with Gasteiger partial charge in [-0.25, -0.2) is 4.79 Å². The van der Waals surface area contributed by atoms with E-state index in [4.69, 9.17) is 15.9 Å². The van der Waals surface area contributed by atoms with E-state index in [1.54, 1.807) is 0 Å². The van der Waals surface area contributed by atoms with Gasteiger partial charge in [0.15, 0.2) is 0 Å². The monoisotopic (exact) mass is 397 g/mol. The predicted molar refractivity (Wildman–Crippen MR) is 96.8 cm³/mol. The maximum absolute atomic E-state index is 12.1. The summed E-state index contributed by atoms with van der Waals surface area (Å²) in [5.74, 6) is -5.12. The molecule has 0 aromatic heterocycles. The lowest BCUT2D eigenvalue weighted by molar-refractivity contribution is -0.155. The number of carboxylic acid groups (broad SMARTS) is 4. The molecule has 0 heterocycles. The van der Waals surface area contributed by atoms with Crippen molar-refractivity contribution in [3.8, 4) is 0 Å². The van der Waals surface area contributed by atoms with Crippen LogP contribution in [-0.4, -0.2) is 86.8 Å². The van der Waals surface area contributed by atoms with Crippen LogP contribution in [0.1, 0.15) is 12.5 Å². The highest BCUT2D eigenvalue weighted by atomic mass is 16.4. The minimum absolute atomic E-state index is 0.163. The van der Waals surface area contributed by atoms with Gasteiger partial charge >= 0.3 is 23.9 Å². The maximum Gasteiger partial charge on any atom is 0.328 e. The van der Waals surface area contributed by atoms with Crippen LogP contribution >= 0.6 is 0 Å². The molecule has 0 spiro atoms. The molecule has 6 N–H and O–H groups in total. The summed E-state index contributed by atoms with van der Waals surface area (Å²) in [4.78, 5) is 47.4. The van der Waals surface area contributed by atoms with E-state index in [9.17, 15) is 29.4 Å². The van der Waals surface area contributed by atoms with Gasteiger partial charge in [-0.1, -0.05) is 12.1 Å². The van der Waals surface area contributed by atoms with Crippen molar-refractivity contribution in [2.75, 3.05) is 38.5 Å². The van der Waals surface area contributed by atoms with Gasteiger partial charge in [0.25, 0.3) is 0 Å². The van der Waals surface area contributed by atoms with E-state index in [1.807, 2.05) is 0 Å². The van der Waals surface area contributed by atoms with Gasteiger partial charge in [-0.2, -0.15) is 0 Å². The molecule has 1 unspecified atom stereocenters. The Bertz CT molecular complexity index is 720. The van der Waals surface area contributed by atoms with Crippen molar-refractivity contribution in [2.24, 2.45) is 0 Å². The first-order valence-electron chi connectivity index (χ1n) is 8.19. The van der Waals surface area contributed by atoms with Crippen molar-refractivity contribution in [1.82, 2.24) is 9.80 Å². The Balaban J connectivity index is 3.19. The number of nitrogen functional groups attached to an aromatic ring is 1. The SMILES string of the molecule is CC(C(=O)O)(c1ccc(N)cc1)N(CCN(CC(=O)O)CC(=O)O)CC(=O)O. The van der Waals surface area contributed by atoms with Crippen LogP contribution in [0.5, 0.6) is 0 Å². The van der Waals surface area contributed by atoms with Crippen molar-refractivity contribution < 1.29 is 39.6 Å². The minimum Gasteiger partial charge on any atom is -0.480 e. The molecule has 0 saturated heterocycles. The molecule has 154 valence electrons. The average Bonchev–Trinajstić information content (AvgIpc) is 2.56. The molecule has 1 aromatic carbocycles. The lowest BCUT2D eigenvalue weighted by atomic mass is 9.89. The summed E-state index contributed by atoms with van der Waals surface area (Å²) in [5.41, 5.74) is 4.54. The lowest BCUT2D eigenvalue weighted by Crippen LogP contribution is -2.54. The van der Waals surface area contributed by atoms with Gasteiger partial charge < -0.3 is 26.2 Å². The van der Waals surface area contributed by atoms with Crippen LogP contribution in [0.4, 0.5) is 5.69 Å². The lowest BCUT2D eigenvalue weighted by Gasteiger charge is -2.38. The molecular formula is C17H23N3O8. The molecule has 1 aromatic rings. The topological polar surface area (TPSA) is 182 Å². The number of rotatable bonds is 12. The van der Waals surface area contributed by atoms with Crippen molar-refractivity contribution in [1.29, 1.82) is 0 Å². The fourth-order valence-electron chi connectivity index (χ4n) is 2.73. The van der Waals surface area contributed by atoms with Crippen molar-refractivity contribution in [3.05, 3.63) is 29.8 Å². The largest absolute Gasteiger partial charge is 0.480 e. The van der Waals surface area contributed by atoms with E-state index in [1.165, 1.54) is 31.2 Å². The number of carbonyl (C=O) groups is 4. The molecule has 28 heavy (non-hydrogen) atoms. The van der Waals surface area contributed by atoms with E-state index in [-0.39, 0.29) is 18.7 Å². The standard InChI is InChI=1S/C17H23N3O8/c1-17(16(27)28,11-2-4-12(18)5-3-11)20(10-15(25)26)7-6-19(8-13(21)22)9-14(23)24/h2-5H,6-10,18H2,1H3,(H,21,22)(H,23,24)(H,25,26)(H,27,28). The van der Waals surface area contributed by atoms with E-state index in [2.05, 4.69) is 0 Å². The Labute approximate surface area is 160 Å². The Morgan fingerprint density at radius 1 is 0.857 bits per heavy atom. The number of hydrogen-bond donors (Lipinski definition) is 5. The van der Waals surface area contributed by atoms with Crippen LogP contribution in [0.2, 0.25) is 0 Å². The van der Waals surface area contributed by atoms with Gasteiger partial charge in [-0.05, 0) is 24.6 Å².